The second-order valence-electron chi connectivity index (χ2n) is 8.21. The number of aromatic amines is 1. The van der Waals surface area contributed by atoms with Crippen molar-refractivity contribution in [3.63, 3.8) is 0 Å². The largest absolute Gasteiger partial charge is 0.335 e. The Morgan fingerprint density at radius 1 is 1.11 bits per heavy atom. The molecule has 0 atom stereocenters. The summed E-state index contributed by atoms with van der Waals surface area (Å²) in [6, 6.07) is 5.94. The molecular weight excluding hydrogens is 528 g/mol. The number of imidazole rings is 1. The number of carbonyl (C=O) groups excluding carboxylic acids is 2. The molecule has 1 aromatic carbocycles. The highest BCUT2D eigenvalue weighted by Crippen LogP contribution is 2.32. The fraction of sp³-hybridized carbons (Fsp3) is 0.333. The number of urea groups is 1. The Bertz CT molecular complexity index is 1480. The molecule has 1 fully saturated rings. The van der Waals surface area contributed by atoms with Crippen LogP contribution in [0.4, 0.5) is 15.6 Å². The van der Waals surface area contributed by atoms with Gasteiger partial charge in [0, 0.05) is 23.9 Å². The molecule has 1 aliphatic carbocycles. The van der Waals surface area contributed by atoms with Gasteiger partial charge in [0.25, 0.3) is 9.84 Å². The Balaban J connectivity index is 1.57. The molecule has 0 radical (unpaired) electrons. The number of hydrogen-bond acceptors (Lipinski definition) is 9. The first-order chi connectivity index (χ1) is 17.0. The van der Waals surface area contributed by atoms with Gasteiger partial charge in [-0.15, -0.1) is 0 Å². The number of amides is 2. The number of carbonyl (C=O) groups is 2. The molecule has 15 heteroatoms. The molecule has 4 N–H and O–H groups in total. The Labute approximate surface area is 211 Å². The molecular formula is C21H24N6O6S3. The number of nitrogens with zero attached hydrogens (tertiary/aromatic N) is 2. The van der Waals surface area contributed by atoms with E-state index in [0.29, 0.717) is 22.6 Å². The average molecular weight is 553 g/mol. The zero-order valence-electron chi connectivity index (χ0n) is 19.1. The van der Waals surface area contributed by atoms with Crippen molar-refractivity contribution in [1.82, 2.24) is 19.7 Å². The van der Waals surface area contributed by atoms with Gasteiger partial charge in [0.1, 0.15) is 0 Å². The van der Waals surface area contributed by atoms with Crippen LogP contribution in [-0.2, 0) is 26.4 Å². The van der Waals surface area contributed by atoms with Crippen LogP contribution in [0.1, 0.15) is 41.7 Å². The van der Waals surface area contributed by atoms with Crippen LogP contribution in [0.15, 0.2) is 46.0 Å². The van der Waals surface area contributed by atoms with Gasteiger partial charge in [-0.25, -0.2) is 36.3 Å². The maximum atomic E-state index is 13.0. The zero-order chi connectivity index (χ0) is 25.9. The number of thiazole rings is 1. The Kier molecular flexibility index (Phi) is 7.54. The van der Waals surface area contributed by atoms with Crippen LogP contribution >= 0.6 is 11.3 Å². The van der Waals surface area contributed by atoms with Gasteiger partial charge in [0.2, 0.25) is 15.2 Å². The molecule has 192 valence electrons. The third kappa shape index (κ3) is 5.98. The summed E-state index contributed by atoms with van der Waals surface area (Å²) in [6.07, 6.45) is 7.15. The summed E-state index contributed by atoms with van der Waals surface area (Å²) in [7, 11) is -7.81. The second kappa shape index (κ2) is 10.5. The smallest absolute Gasteiger partial charge is 0.325 e. The number of para-hydroxylation sites is 1. The molecule has 0 bridgehead atoms. The summed E-state index contributed by atoms with van der Waals surface area (Å²) in [5, 5.41) is 4.68. The molecule has 0 spiro atoms. The molecule has 4 rings (SSSR count). The van der Waals surface area contributed by atoms with Gasteiger partial charge in [0.05, 0.1) is 24.2 Å². The van der Waals surface area contributed by atoms with E-state index in [4.69, 9.17) is 0 Å². The van der Waals surface area contributed by atoms with E-state index < -0.39 is 32.4 Å². The number of nitrogens with one attached hydrogen (secondary N) is 4. The van der Waals surface area contributed by atoms with E-state index in [0.717, 1.165) is 31.9 Å². The van der Waals surface area contributed by atoms with Crippen molar-refractivity contribution in [2.24, 2.45) is 5.92 Å². The normalized spacial score (nSPS) is 14.6. The van der Waals surface area contributed by atoms with E-state index in [1.807, 2.05) is 0 Å². The molecule has 12 nitrogen and oxygen atoms in total. The molecule has 0 saturated heterocycles. The van der Waals surface area contributed by atoms with Crippen molar-refractivity contribution in [2.75, 3.05) is 16.9 Å². The minimum Gasteiger partial charge on any atom is -0.335 e. The fourth-order valence-corrected chi connectivity index (χ4v) is 6.91. The van der Waals surface area contributed by atoms with E-state index in [9.17, 15) is 26.4 Å². The van der Waals surface area contributed by atoms with Crippen LogP contribution in [0, 0.1) is 5.92 Å². The van der Waals surface area contributed by atoms with E-state index in [2.05, 4.69) is 30.3 Å². The van der Waals surface area contributed by atoms with Gasteiger partial charge in [-0.3, -0.25) is 10.1 Å². The summed E-state index contributed by atoms with van der Waals surface area (Å²) in [4.78, 5) is 36.1. The number of anilines is 2. The lowest BCUT2D eigenvalue weighted by Crippen LogP contribution is -2.23. The summed E-state index contributed by atoms with van der Waals surface area (Å²) in [6.45, 7) is -0.410. The summed E-state index contributed by atoms with van der Waals surface area (Å²) < 4.78 is 51.1. The van der Waals surface area contributed by atoms with Crippen molar-refractivity contribution >= 4 is 53.8 Å². The van der Waals surface area contributed by atoms with E-state index >= 15 is 0 Å². The third-order valence-electron chi connectivity index (χ3n) is 5.52. The summed E-state index contributed by atoms with van der Waals surface area (Å²) in [5.74, 6) is -0.104. The van der Waals surface area contributed by atoms with Gasteiger partial charge in [0.15, 0.2) is 15.1 Å². The Morgan fingerprint density at radius 3 is 2.50 bits per heavy atom. The van der Waals surface area contributed by atoms with E-state index in [-0.39, 0.29) is 31.9 Å². The molecule has 3 aromatic rings. The molecule has 2 amide bonds. The number of hydrogen-bond donors (Lipinski definition) is 4. The summed E-state index contributed by atoms with van der Waals surface area (Å²) in [5.41, 5.74) is 0.623. The lowest BCUT2D eigenvalue weighted by atomic mass is 9.95. The van der Waals surface area contributed by atoms with Gasteiger partial charge >= 0.3 is 6.03 Å². The van der Waals surface area contributed by atoms with E-state index in [1.165, 1.54) is 12.4 Å². The zero-order valence-corrected chi connectivity index (χ0v) is 21.6. The van der Waals surface area contributed by atoms with Crippen LogP contribution in [-0.4, -0.2) is 49.9 Å². The molecule has 0 aliphatic heterocycles. The number of ketones is 1. The number of rotatable bonds is 9. The quantitative estimate of drug-likeness (QED) is 0.292. The van der Waals surface area contributed by atoms with Crippen molar-refractivity contribution < 1.29 is 26.4 Å². The van der Waals surface area contributed by atoms with Crippen LogP contribution in [0.5, 0.6) is 0 Å². The number of sulfonamides is 1. The highest BCUT2D eigenvalue weighted by Gasteiger charge is 2.29. The minimum atomic E-state index is -4.16. The molecule has 1 aliphatic rings. The fourth-order valence-electron chi connectivity index (χ4n) is 3.86. The summed E-state index contributed by atoms with van der Waals surface area (Å²) >= 11 is 0.652. The van der Waals surface area contributed by atoms with Crippen molar-refractivity contribution in [1.29, 1.82) is 0 Å². The first-order valence-electron chi connectivity index (χ1n) is 10.9. The number of sulfone groups is 1. The number of H-pyrrole nitrogens is 1. The Hall–Kier alpha value is -3.14. The standard InChI is InChI=1S/C21H24N6O6S3/c1-35(30,31)24-12-16-18(36(32,33)21-22-10-11-23-21)34-20(26-16)27-19(29)25-15-9-5-4-8-14(15)17(28)13-6-2-3-7-13/h4-5,8-11,13,24H,2-3,6-7,12H2,1H3,(H,22,23)(H2,25,26,27,29). The van der Waals surface area contributed by atoms with Crippen LogP contribution in [0.3, 0.4) is 0 Å². The SMILES string of the molecule is CS(=O)(=O)NCc1nc(NC(=O)Nc2ccccc2C(=O)C2CCCC2)sc1S(=O)(=O)c1ncc[nH]1. The molecule has 0 unspecified atom stereocenters. The minimum absolute atomic E-state index is 0.0291. The predicted octanol–water partition coefficient (Wildman–Crippen LogP) is 2.77. The van der Waals surface area contributed by atoms with Crippen molar-refractivity contribution in [3.05, 3.63) is 47.9 Å². The Morgan fingerprint density at radius 2 is 1.83 bits per heavy atom. The molecule has 2 aromatic heterocycles. The van der Waals surface area contributed by atoms with Crippen molar-refractivity contribution in [3.8, 4) is 0 Å². The topological polar surface area (TPSA) is 180 Å². The number of Topliss-reactive ketones (excluding diaryl/α,β-unsaturated/α-hetero) is 1. The molecule has 36 heavy (non-hydrogen) atoms. The first kappa shape index (κ1) is 25.9. The lowest BCUT2D eigenvalue weighted by Gasteiger charge is -2.13. The van der Waals surface area contributed by atoms with Crippen LogP contribution < -0.4 is 15.4 Å². The lowest BCUT2D eigenvalue weighted by molar-refractivity contribution is 0.0923. The maximum Gasteiger partial charge on any atom is 0.325 e. The molecule has 1 saturated carbocycles. The monoisotopic (exact) mass is 552 g/mol. The maximum absolute atomic E-state index is 13.0. The first-order valence-corrected chi connectivity index (χ1v) is 15.1. The molecule has 2 heterocycles. The van der Waals surface area contributed by atoms with Crippen LogP contribution in [0.2, 0.25) is 0 Å². The average Bonchev–Trinajstić information content (AvgIpc) is 3.59. The third-order valence-corrected chi connectivity index (χ3v) is 9.36. The predicted molar refractivity (Wildman–Crippen MR) is 133 cm³/mol. The van der Waals surface area contributed by atoms with Gasteiger partial charge in [-0.1, -0.05) is 36.3 Å². The second-order valence-corrected chi connectivity index (χ2v) is 13.1. The van der Waals surface area contributed by atoms with Gasteiger partial charge in [-0.05, 0) is 25.0 Å². The highest BCUT2D eigenvalue weighted by molar-refractivity contribution is 7.93. The van der Waals surface area contributed by atoms with E-state index in [1.54, 1.807) is 24.3 Å². The van der Waals surface area contributed by atoms with Crippen molar-refractivity contribution in [2.45, 2.75) is 41.6 Å². The van der Waals surface area contributed by atoms with Gasteiger partial charge < -0.3 is 10.3 Å². The number of benzene rings is 1. The van der Waals surface area contributed by atoms with Gasteiger partial charge in [-0.2, -0.15) is 0 Å². The van der Waals surface area contributed by atoms with Crippen LogP contribution in [0.25, 0.3) is 0 Å². The number of aromatic nitrogens is 3. The highest BCUT2D eigenvalue weighted by atomic mass is 32.2.